The van der Waals surface area contributed by atoms with E-state index < -0.39 is 5.97 Å². The van der Waals surface area contributed by atoms with Crippen molar-refractivity contribution in [3.8, 4) is 0 Å². The van der Waals surface area contributed by atoms with E-state index in [4.69, 9.17) is 9.90 Å². The Labute approximate surface area is 119 Å². The second kappa shape index (κ2) is 7.94. The van der Waals surface area contributed by atoms with Crippen LogP contribution in [0.4, 0.5) is 0 Å². The monoisotopic (exact) mass is 272 g/mol. The third-order valence-electron chi connectivity index (χ3n) is 2.69. The van der Waals surface area contributed by atoms with Gasteiger partial charge in [-0.1, -0.05) is 36.9 Å². The van der Waals surface area contributed by atoms with Gasteiger partial charge in [-0.05, 0) is 25.0 Å². The van der Waals surface area contributed by atoms with Gasteiger partial charge in [0.25, 0.3) is 0 Å². The van der Waals surface area contributed by atoms with E-state index in [2.05, 4.69) is 65.6 Å². The first-order valence-electron chi connectivity index (χ1n) is 6.49. The summed E-state index contributed by atoms with van der Waals surface area (Å²) in [6, 6.07) is 8.49. The maximum atomic E-state index is 8.89. The Bertz CT molecular complexity index is 552. The van der Waals surface area contributed by atoms with Gasteiger partial charge in [-0.3, -0.25) is 0 Å². The zero-order valence-electron chi connectivity index (χ0n) is 12.0. The van der Waals surface area contributed by atoms with Crippen molar-refractivity contribution in [2.75, 3.05) is 0 Å². The number of imidazole rings is 1. The Morgan fingerprint density at radius 3 is 2.45 bits per heavy atom. The number of carbonyl (C=O) groups excluding carboxylic acids is 1. The lowest BCUT2D eigenvalue weighted by Gasteiger charge is -1.98. The number of nitrogens with zero attached hydrogens (tertiary/aromatic N) is 2. The number of hydrogen-bond donors (Lipinski definition) is 0. The summed E-state index contributed by atoms with van der Waals surface area (Å²) in [7, 11) is 0. The minimum atomic E-state index is -1.08. The summed E-state index contributed by atoms with van der Waals surface area (Å²) in [6.45, 7) is 8.80. The van der Waals surface area contributed by atoms with Crippen LogP contribution in [0.15, 0.2) is 49.6 Å². The SMILES string of the molecule is C=Cc1ccc(C[n+]2ccn(CC)c2)cc1.CC(=O)[O-]. The van der Waals surface area contributed by atoms with Crippen molar-refractivity contribution >= 4 is 12.0 Å². The molecule has 1 aromatic heterocycles. The van der Waals surface area contributed by atoms with Crippen LogP contribution in [0.3, 0.4) is 0 Å². The van der Waals surface area contributed by atoms with Gasteiger partial charge < -0.3 is 9.90 Å². The average molecular weight is 272 g/mol. The molecule has 0 fully saturated rings. The van der Waals surface area contributed by atoms with Crippen molar-refractivity contribution in [3.05, 3.63) is 60.7 Å². The summed E-state index contributed by atoms with van der Waals surface area (Å²) in [6.07, 6.45) is 8.19. The second-order valence-electron chi connectivity index (χ2n) is 4.35. The molecule has 0 atom stereocenters. The van der Waals surface area contributed by atoms with Gasteiger partial charge >= 0.3 is 0 Å². The van der Waals surface area contributed by atoms with E-state index in [9.17, 15) is 0 Å². The molecule has 0 N–H and O–H groups in total. The first-order chi connectivity index (χ1) is 9.55. The van der Waals surface area contributed by atoms with Crippen LogP contribution in [0.2, 0.25) is 0 Å². The maximum Gasteiger partial charge on any atom is 0.244 e. The summed E-state index contributed by atoms with van der Waals surface area (Å²) in [5, 5.41) is 8.89. The minimum Gasteiger partial charge on any atom is -0.550 e. The molecule has 0 spiro atoms. The van der Waals surface area contributed by atoms with Gasteiger partial charge in [0.1, 0.15) is 18.9 Å². The lowest BCUT2D eigenvalue weighted by molar-refractivity contribution is -0.687. The van der Waals surface area contributed by atoms with E-state index in [0.29, 0.717) is 0 Å². The Balaban J connectivity index is 0.000000444. The fraction of sp³-hybridized carbons (Fsp3) is 0.250. The molecule has 0 amide bonds. The van der Waals surface area contributed by atoms with Crippen LogP contribution in [0.25, 0.3) is 6.08 Å². The topological polar surface area (TPSA) is 48.9 Å². The molecule has 4 nitrogen and oxygen atoms in total. The molecule has 1 heterocycles. The largest absolute Gasteiger partial charge is 0.550 e. The average Bonchev–Trinajstić information content (AvgIpc) is 2.87. The lowest BCUT2D eigenvalue weighted by atomic mass is 10.1. The molecule has 2 rings (SSSR count). The van der Waals surface area contributed by atoms with Crippen molar-refractivity contribution in [3.63, 3.8) is 0 Å². The predicted octanol–water partition coefficient (Wildman–Crippen LogP) is 1.24. The fourth-order valence-electron chi connectivity index (χ4n) is 1.69. The van der Waals surface area contributed by atoms with Crippen LogP contribution < -0.4 is 9.67 Å². The quantitative estimate of drug-likeness (QED) is 0.786. The van der Waals surface area contributed by atoms with Crippen LogP contribution in [0, 0.1) is 0 Å². The Morgan fingerprint density at radius 2 is 2.00 bits per heavy atom. The summed E-state index contributed by atoms with van der Waals surface area (Å²) >= 11 is 0. The van der Waals surface area contributed by atoms with Crippen molar-refractivity contribution in [1.82, 2.24) is 4.57 Å². The number of benzene rings is 1. The van der Waals surface area contributed by atoms with Gasteiger partial charge in [0.05, 0.1) is 6.54 Å². The van der Waals surface area contributed by atoms with Gasteiger partial charge in [-0.2, -0.15) is 0 Å². The van der Waals surface area contributed by atoms with Crippen LogP contribution in [0.1, 0.15) is 25.0 Å². The highest BCUT2D eigenvalue weighted by Crippen LogP contribution is 2.04. The highest BCUT2D eigenvalue weighted by molar-refractivity contribution is 5.60. The molecule has 0 saturated carbocycles. The van der Waals surface area contributed by atoms with Crippen LogP contribution >= 0.6 is 0 Å². The van der Waals surface area contributed by atoms with E-state index in [-0.39, 0.29) is 0 Å². The minimum absolute atomic E-state index is 0.921. The highest BCUT2D eigenvalue weighted by Gasteiger charge is 2.02. The number of aryl methyl sites for hydroxylation is 1. The van der Waals surface area contributed by atoms with Crippen LogP contribution in [-0.4, -0.2) is 10.5 Å². The van der Waals surface area contributed by atoms with Gasteiger partial charge in [-0.25, -0.2) is 9.13 Å². The lowest BCUT2D eigenvalue weighted by Crippen LogP contribution is -2.31. The number of hydrogen-bond acceptors (Lipinski definition) is 2. The van der Waals surface area contributed by atoms with Gasteiger partial charge in [-0.15, -0.1) is 0 Å². The summed E-state index contributed by atoms with van der Waals surface area (Å²) in [5.74, 6) is -1.08. The van der Waals surface area contributed by atoms with E-state index in [1.54, 1.807) is 0 Å². The molecule has 0 unspecified atom stereocenters. The molecule has 0 bridgehead atoms. The zero-order valence-corrected chi connectivity index (χ0v) is 12.0. The first kappa shape index (κ1) is 15.7. The third-order valence-corrected chi connectivity index (χ3v) is 2.69. The Kier molecular flexibility index (Phi) is 6.23. The number of aromatic nitrogens is 2. The van der Waals surface area contributed by atoms with Crippen molar-refractivity contribution in [2.45, 2.75) is 26.9 Å². The van der Waals surface area contributed by atoms with Gasteiger partial charge in [0.2, 0.25) is 6.33 Å². The molecule has 0 aliphatic rings. The molecule has 0 aliphatic heterocycles. The summed E-state index contributed by atoms with van der Waals surface area (Å²) in [4.78, 5) is 8.89. The van der Waals surface area contributed by atoms with E-state index >= 15 is 0 Å². The zero-order chi connectivity index (χ0) is 15.0. The van der Waals surface area contributed by atoms with Crippen molar-refractivity contribution in [1.29, 1.82) is 0 Å². The number of aliphatic carboxylic acids is 1. The van der Waals surface area contributed by atoms with Gasteiger partial charge in [0.15, 0.2) is 0 Å². The second-order valence-corrected chi connectivity index (χ2v) is 4.35. The van der Waals surface area contributed by atoms with Gasteiger partial charge in [0, 0.05) is 5.97 Å². The number of carboxylic acids is 1. The molecule has 4 heteroatoms. The van der Waals surface area contributed by atoms with E-state index in [1.807, 2.05) is 6.08 Å². The predicted molar refractivity (Wildman–Crippen MR) is 76.6 cm³/mol. The first-order valence-corrected chi connectivity index (χ1v) is 6.49. The maximum absolute atomic E-state index is 8.89. The van der Waals surface area contributed by atoms with E-state index in [1.165, 1.54) is 11.1 Å². The highest BCUT2D eigenvalue weighted by atomic mass is 16.4. The molecule has 0 radical (unpaired) electrons. The fourth-order valence-corrected chi connectivity index (χ4v) is 1.69. The molecule has 20 heavy (non-hydrogen) atoms. The van der Waals surface area contributed by atoms with Crippen LogP contribution in [-0.2, 0) is 17.9 Å². The Hall–Kier alpha value is -2.36. The summed E-state index contributed by atoms with van der Waals surface area (Å²) in [5.41, 5.74) is 2.48. The smallest absolute Gasteiger partial charge is 0.244 e. The number of rotatable bonds is 4. The molecule has 2 aromatic rings. The normalized spacial score (nSPS) is 9.50. The molecular weight excluding hydrogens is 252 g/mol. The molecule has 106 valence electrons. The number of carbonyl (C=O) groups is 1. The van der Waals surface area contributed by atoms with Crippen molar-refractivity contribution < 1.29 is 14.5 Å². The molecule has 0 aliphatic carbocycles. The molecule has 0 saturated heterocycles. The molecular formula is C16H20N2O2. The third kappa shape index (κ3) is 5.52. The van der Waals surface area contributed by atoms with E-state index in [0.717, 1.165) is 20.0 Å². The number of carboxylic acid groups (broad SMARTS) is 1. The van der Waals surface area contributed by atoms with Crippen molar-refractivity contribution in [2.24, 2.45) is 0 Å². The molecule has 1 aromatic carbocycles. The standard InChI is InChI=1S/C14H17N2.C2H4O2/c1-3-13-5-7-14(8-6-13)11-16-10-9-15(4-2)12-16;1-2(3)4/h3,5-10,12H,1,4,11H2,2H3;1H3,(H,3,4)/q+1;/p-1. The Morgan fingerprint density at radius 1 is 1.40 bits per heavy atom. The van der Waals surface area contributed by atoms with Crippen LogP contribution in [0.5, 0.6) is 0 Å². The summed E-state index contributed by atoms with van der Waals surface area (Å²) < 4.78 is 4.35.